The number of nitrogens with one attached hydrogen (secondary N) is 3. The molecular formula is C30H43N4O6S+. The summed E-state index contributed by atoms with van der Waals surface area (Å²) < 4.78 is 10.6. The minimum Gasteiger partial charge on any atom is -0.497 e. The number of anilines is 1. The molecule has 0 radical (unpaired) electrons. The van der Waals surface area contributed by atoms with E-state index in [0.29, 0.717) is 35.8 Å². The minimum absolute atomic E-state index is 0.0240. The number of nitrogens with zero attached hydrogens (tertiary/aromatic N) is 1. The van der Waals surface area contributed by atoms with Crippen LogP contribution in [0.1, 0.15) is 60.0 Å². The number of amides is 2. The molecule has 5 N–H and O–H groups in total. The Hall–Kier alpha value is -2.57. The number of thiazole rings is 1. The molecule has 2 aliphatic carbocycles. The molecule has 41 heavy (non-hydrogen) atoms. The number of morpholine rings is 1. The van der Waals surface area contributed by atoms with Crippen molar-refractivity contribution in [1.82, 2.24) is 10.3 Å². The maximum atomic E-state index is 13.3. The van der Waals surface area contributed by atoms with Crippen molar-refractivity contribution in [2.24, 2.45) is 16.7 Å². The summed E-state index contributed by atoms with van der Waals surface area (Å²) in [6, 6.07) is 6.89. The fourth-order valence-electron chi connectivity index (χ4n) is 7.16. The molecule has 5 rings (SSSR count). The maximum absolute atomic E-state index is 13.3. The van der Waals surface area contributed by atoms with E-state index in [-0.39, 0.29) is 42.1 Å². The van der Waals surface area contributed by atoms with Gasteiger partial charge in [-0.15, -0.1) is 11.3 Å². The number of fused-ring (bicyclic) bond motifs is 2. The lowest BCUT2D eigenvalue weighted by molar-refractivity contribution is -0.906. The number of quaternary nitrogens is 1. The van der Waals surface area contributed by atoms with Crippen molar-refractivity contribution in [3.8, 4) is 5.75 Å². The zero-order valence-corrected chi connectivity index (χ0v) is 25.0. The standard InChI is InChI=1S/C30H42N4O6S/c1-29-9-8-24(36)30(2,18-35)23(29)17-22-26(21(29)16-25(37)31-10-11-34-12-14-40-15-13-34)32-28(41-22)33-27(38)19-4-6-20(39-3)7-5-19/h4-7,21,23-24,35-36H,8-18H2,1-3H3,(H,31,37)(H,32,33,38)/p+1/t21-,23+,24-,29+,30+/m1/s1. The molecule has 2 amide bonds. The molecule has 1 saturated carbocycles. The lowest BCUT2D eigenvalue weighted by atomic mass is 9.47. The quantitative estimate of drug-likeness (QED) is 0.298. The highest BCUT2D eigenvalue weighted by Crippen LogP contribution is 2.62. The second-order valence-corrected chi connectivity index (χ2v) is 13.3. The monoisotopic (exact) mass is 587 g/mol. The number of hydrogen-bond acceptors (Lipinski definition) is 8. The van der Waals surface area contributed by atoms with E-state index in [0.717, 1.165) is 49.8 Å². The predicted molar refractivity (Wildman–Crippen MR) is 156 cm³/mol. The Morgan fingerprint density at radius 3 is 2.63 bits per heavy atom. The van der Waals surface area contributed by atoms with E-state index in [2.05, 4.69) is 17.6 Å². The van der Waals surface area contributed by atoms with Crippen molar-refractivity contribution in [2.75, 3.05) is 58.4 Å². The van der Waals surface area contributed by atoms with Crippen LogP contribution in [0.5, 0.6) is 5.75 Å². The second kappa shape index (κ2) is 12.3. The summed E-state index contributed by atoms with van der Waals surface area (Å²) >= 11 is 1.42. The summed E-state index contributed by atoms with van der Waals surface area (Å²) in [5.41, 5.74) is 0.301. The van der Waals surface area contributed by atoms with Crippen LogP contribution in [0.2, 0.25) is 0 Å². The third-order valence-electron chi connectivity index (χ3n) is 9.86. The van der Waals surface area contributed by atoms with Gasteiger partial charge < -0.3 is 29.9 Å². The molecule has 1 aliphatic heterocycles. The highest BCUT2D eigenvalue weighted by Gasteiger charge is 2.59. The molecule has 2 heterocycles. The Bertz CT molecular complexity index is 1230. The molecule has 2 aromatic rings. The van der Waals surface area contributed by atoms with Gasteiger partial charge in [-0.2, -0.15) is 0 Å². The van der Waals surface area contributed by atoms with Gasteiger partial charge in [0.2, 0.25) is 5.91 Å². The number of aliphatic hydroxyl groups is 2. The molecule has 0 bridgehead atoms. The lowest BCUT2D eigenvalue weighted by Crippen LogP contribution is -3.14. The number of carbonyl (C=O) groups is 2. The minimum atomic E-state index is -0.699. The van der Waals surface area contributed by atoms with Crippen LogP contribution in [-0.2, 0) is 16.0 Å². The number of methoxy groups -OCH3 is 1. The van der Waals surface area contributed by atoms with Gasteiger partial charge in [0.1, 0.15) is 18.8 Å². The molecule has 11 heteroatoms. The Balaban J connectivity index is 1.38. The Morgan fingerprint density at radius 2 is 1.95 bits per heavy atom. The van der Waals surface area contributed by atoms with Gasteiger partial charge in [-0.05, 0) is 54.9 Å². The third-order valence-corrected chi connectivity index (χ3v) is 10.9. The number of rotatable bonds is 9. The first-order chi connectivity index (χ1) is 19.7. The van der Waals surface area contributed by atoms with Gasteiger partial charge in [0.25, 0.3) is 5.91 Å². The number of benzene rings is 1. The Labute approximate surface area is 245 Å². The van der Waals surface area contributed by atoms with Crippen molar-refractivity contribution >= 4 is 28.3 Å². The molecule has 2 fully saturated rings. The molecule has 1 saturated heterocycles. The maximum Gasteiger partial charge on any atom is 0.257 e. The van der Waals surface area contributed by atoms with Gasteiger partial charge >= 0.3 is 0 Å². The summed E-state index contributed by atoms with van der Waals surface area (Å²) in [5.74, 6) is 0.136. The molecule has 3 aliphatic rings. The number of carbonyl (C=O) groups excluding carboxylic acids is 2. The summed E-state index contributed by atoms with van der Waals surface area (Å²) in [7, 11) is 1.58. The average molecular weight is 588 g/mol. The van der Waals surface area contributed by atoms with E-state index >= 15 is 0 Å². The first kappa shape index (κ1) is 29.9. The van der Waals surface area contributed by atoms with Crippen LogP contribution in [0.15, 0.2) is 24.3 Å². The van der Waals surface area contributed by atoms with Gasteiger partial charge in [0.15, 0.2) is 5.13 Å². The summed E-state index contributed by atoms with van der Waals surface area (Å²) in [6.45, 7) is 8.88. The van der Waals surface area contributed by atoms with Crippen LogP contribution in [0, 0.1) is 16.7 Å². The molecule has 10 nitrogen and oxygen atoms in total. The SMILES string of the molecule is COc1ccc(C(=O)Nc2nc3c(s2)C[C@@H]2[C@](C)(CO)[C@H](O)CC[C@@]2(C)[C@@H]3CC(=O)NCC[NH+]2CCOCC2)cc1. The molecule has 1 aromatic carbocycles. The Morgan fingerprint density at radius 1 is 1.22 bits per heavy atom. The smallest absolute Gasteiger partial charge is 0.257 e. The van der Waals surface area contributed by atoms with E-state index in [1.54, 1.807) is 31.4 Å². The normalized spacial score (nSPS) is 29.7. The van der Waals surface area contributed by atoms with Crippen LogP contribution >= 0.6 is 11.3 Å². The van der Waals surface area contributed by atoms with Gasteiger partial charge in [-0.3, -0.25) is 14.9 Å². The van der Waals surface area contributed by atoms with Crippen molar-refractivity contribution in [3.63, 3.8) is 0 Å². The van der Waals surface area contributed by atoms with Crippen molar-refractivity contribution in [1.29, 1.82) is 0 Å². The third kappa shape index (κ3) is 6.01. The van der Waals surface area contributed by atoms with E-state index < -0.39 is 11.5 Å². The van der Waals surface area contributed by atoms with E-state index in [9.17, 15) is 19.8 Å². The topological polar surface area (TPSA) is 134 Å². The fourth-order valence-corrected chi connectivity index (χ4v) is 8.22. The van der Waals surface area contributed by atoms with Crippen LogP contribution in [0.25, 0.3) is 0 Å². The van der Waals surface area contributed by atoms with Crippen molar-refractivity contribution < 1.29 is 34.2 Å². The largest absolute Gasteiger partial charge is 0.497 e. The molecule has 0 unspecified atom stereocenters. The summed E-state index contributed by atoms with van der Waals surface area (Å²) in [6.07, 6.45) is 1.57. The van der Waals surface area contributed by atoms with Crippen LogP contribution in [0.3, 0.4) is 0 Å². The molecule has 5 atom stereocenters. The highest BCUT2D eigenvalue weighted by molar-refractivity contribution is 7.15. The number of hydrogen-bond donors (Lipinski definition) is 5. The second-order valence-electron chi connectivity index (χ2n) is 12.2. The highest BCUT2D eigenvalue weighted by atomic mass is 32.1. The molecular weight excluding hydrogens is 544 g/mol. The van der Waals surface area contributed by atoms with E-state index in [1.807, 2.05) is 6.92 Å². The number of aliphatic hydroxyl groups excluding tert-OH is 2. The molecule has 224 valence electrons. The van der Waals surface area contributed by atoms with Crippen molar-refractivity contribution in [3.05, 3.63) is 40.4 Å². The van der Waals surface area contributed by atoms with Crippen LogP contribution < -0.4 is 20.3 Å². The average Bonchev–Trinajstić information content (AvgIpc) is 3.38. The van der Waals surface area contributed by atoms with Crippen molar-refractivity contribution in [2.45, 2.75) is 51.6 Å². The predicted octanol–water partition coefficient (Wildman–Crippen LogP) is 1.24. The van der Waals surface area contributed by atoms with Gasteiger partial charge in [0.05, 0.1) is 51.8 Å². The van der Waals surface area contributed by atoms with Gasteiger partial charge in [0, 0.05) is 28.2 Å². The van der Waals surface area contributed by atoms with Crippen LogP contribution in [0.4, 0.5) is 5.13 Å². The first-order valence-corrected chi connectivity index (χ1v) is 15.4. The summed E-state index contributed by atoms with van der Waals surface area (Å²) in [4.78, 5) is 33.7. The zero-order chi connectivity index (χ0) is 29.2. The van der Waals surface area contributed by atoms with Gasteiger partial charge in [-0.25, -0.2) is 4.98 Å². The molecule has 1 aromatic heterocycles. The molecule has 0 spiro atoms. The zero-order valence-electron chi connectivity index (χ0n) is 24.2. The first-order valence-electron chi connectivity index (χ1n) is 14.6. The number of aromatic nitrogens is 1. The fraction of sp³-hybridized carbons (Fsp3) is 0.633. The summed E-state index contributed by atoms with van der Waals surface area (Å²) in [5, 5.41) is 28.1. The number of ether oxygens (including phenoxy) is 2. The van der Waals surface area contributed by atoms with Crippen LogP contribution in [-0.4, -0.2) is 86.2 Å². The van der Waals surface area contributed by atoms with Gasteiger partial charge in [-0.1, -0.05) is 13.8 Å². The lowest BCUT2D eigenvalue weighted by Gasteiger charge is -2.58. The van der Waals surface area contributed by atoms with E-state index in [1.165, 1.54) is 16.2 Å². The van der Waals surface area contributed by atoms with E-state index in [4.69, 9.17) is 14.5 Å². The Kier molecular flexibility index (Phi) is 9.01.